The first kappa shape index (κ1) is 13.5. The maximum Gasteiger partial charge on any atom is 0.0521 e. The van der Waals surface area contributed by atoms with Crippen molar-refractivity contribution in [3.05, 3.63) is 18.0 Å². The SMILES string of the molecule is CC1CC(CN)CN1Cc1ccnn1C.Cl. The summed E-state index contributed by atoms with van der Waals surface area (Å²) in [6.45, 7) is 5.22. The fourth-order valence-electron chi connectivity index (χ4n) is 2.37. The molecule has 16 heavy (non-hydrogen) atoms. The zero-order chi connectivity index (χ0) is 10.8. The Balaban J connectivity index is 0.00000128. The zero-order valence-electron chi connectivity index (χ0n) is 9.97. The third-order valence-electron chi connectivity index (χ3n) is 3.41. The Labute approximate surface area is 103 Å². The summed E-state index contributed by atoms with van der Waals surface area (Å²) in [6.07, 6.45) is 3.09. The van der Waals surface area contributed by atoms with Gasteiger partial charge < -0.3 is 5.73 Å². The summed E-state index contributed by atoms with van der Waals surface area (Å²) in [6, 6.07) is 2.73. The summed E-state index contributed by atoms with van der Waals surface area (Å²) >= 11 is 0. The first-order valence-corrected chi connectivity index (χ1v) is 5.61. The average molecular weight is 245 g/mol. The number of aromatic nitrogens is 2. The molecule has 0 amide bonds. The Morgan fingerprint density at radius 1 is 1.56 bits per heavy atom. The number of rotatable bonds is 3. The van der Waals surface area contributed by atoms with Crippen molar-refractivity contribution in [2.24, 2.45) is 18.7 Å². The minimum atomic E-state index is 0. The molecule has 1 aliphatic heterocycles. The zero-order valence-corrected chi connectivity index (χ0v) is 10.8. The molecule has 2 heterocycles. The number of hydrogen-bond acceptors (Lipinski definition) is 3. The summed E-state index contributed by atoms with van der Waals surface area (Å²) in [5.41, 5.74) is 6.99. The van der Waals surface area contributed by atoms with Crippen LogP contribution >= 0.6 is 12.4 Å². The molecule has 0 radical (unpaired) electrons. The molecule has 0 saturated carbocycles. The largest absolute Gasteiger partial charge is 0.330 e. The lowest BCUT2D eigenvalue weighted by molar-refractivity contribution is 0.249. The summed E-state index contributed by atoms with van der Waals surface area (Å²) in [5, 5.41) is 4.19. The molecule has 0 aliphatic carbocycles. The molecule has 2 N–H and O–H groups in total. The number of nitrogens with zero attached hydrogens (tertiary/aromatic N) is 3. The second-order valence-corrected chi connectivity index (χ2v) is 4.56. The topological polar surface area (TPSA) is 47.1 Å². The van der Waals surface area contributed by atoms with E-state index in [-0.39, 0.29) is 12.4 Å². The third-order valence-corrected chi connectivity index (χ3v) is 3.41. The van der Waals surface area contributed by atoms with Crippen LogP contribution in [0.1, 0.15) is 19.0 Å². The quantitative estimate of drug-likeness (QED) is 0.864. The predicted molar refractivity (Wildman–Crippen MR) is 67.5 cm³/mol. The van der Waals surface area contributed by atoms with E-state index in [9.17, 15) is 0 Å². The predicted octanol–water partition coefficient (Wildman–Crippen LogP) is 1.01. The molecule has 1 aliphatic rings. The maximum absolute atomic E-state index is 5.72. The van der Waals surface area contributed by atoms with Crippen LogP contribution in [0.5, 0.6) is 0 Å². The molecule has 1 aromatic rings. The molecule has 1 saturated heterocycles. The first-order valence-electron chi connectivity index (χ1n) is 5.61. The van der Waals surface area contributed by atoms with E-state index in [2.05, 4.69) is 23.0 Å². The summed E-state index contributed by atoms with van der Waals surface area (Å²) < 4.78 is 1.95. The third kappa shape index (κ3) is 2.75. The van der Waals surface area contributed by atoms with E-state index < -0.39 is 0 Å². The van der Waals surface area contributed by atoms with E-state index in [0.717, 1.165) is 19.6 Å². The van der Waals surface area contributed by atoms with Crippen LogP contribution in [0.25, 0.3) is 0 Å². The van der Waals surface area contributed by atoms with Gasteiger partial charge in [-0.05, 0) is 31.9 Å². The molecule has 2 atom stereocenters. The van der Waals surface area contributed by atoms with Gasteiger partial charge in [-0.1, -0.05) is 0 Å². The summed E-state index contributed by atoms with van der Waals surface area (Å²) in [7, 11) is 2.00. The molecule has 5 heteroatoms. The number of aryl methyl sites for hydroxylation is 1. The number of nitrogens with two attached hydrogens (primary N) is 1. The smallest absolute Gasteiger partial charge is 0.0521 e. The minimum Gasteiger partial charge on any atom is -0.330 e. The Hall–Kier alpha value is -0.580. The van der Waals surface area contributed by atoms with Crippen molar-refractivity contribution in [1.29, 1.82) is 0 Å². The van der Waals surface area contributed by atoms with Gasteiger partial charge in [-0.15, -0.1) is 12.4 Å². The molecule has 2 unspecified atom stereocenters. The first-order chi connectivity index (χ1) is 7.20. The van der Waals surface area contributed by atoms with E-state index in [1.54, 1.807) is 0 Å². The Morgan fingerprint density at radius 2 is 2.31 bits per heavy atom. The van der Waals surface area contributed by atoms with E-state index >= 15 is 0 Å². The number of hydrogen-bond donors (Lipinski definition) is 1. The van der Waals surface area contributed by atoms with Crippen LogP contribution in [-0.2, 0) is 13.6 Å². The molecule has 0 bridgehead atoms. The van der Waals surface area contributed by atoms with Gasteiger partial charge in [0.1, 0.15) is 0 Å². The standard InChI is InChI=1S/C11H20N4.ClH/c1-9-5-10(6-12)7-15(9)8-11-3-4-13-14(11)2;/h3-4,9-10H,5-8,12H2,1-2H3;1H. The fourth-order valence-corrected chi connectivity index (χ4v) is 2.37. The Morgan fingerprint density at radius 3 is 2.81 bits per heavy atom. The van der Waals surface area contributed by atoms with Crippen LogP contribution in [0, 0.1) is 5.92 Å². The summed E-state index contributed by atoms with van der Waals surface area (Å²) in [4.78, 5) is 2.49. The van der Waals surface area contributed by atoms with Crippen molar-refractivity contribution in [1.82, 2.24) is 14.7 Å². The lowest BCUT2D eigenvalue weighted by atomic mass is 10.1. The highest BCUT2D eigenvalue weighted by molar-refractivity contribution is 5.85. The molecule has 2 rings (SSSR count). The van der Waals surface area contributed by atoms with E-state index in [1.807, 2.05) is 17.9 Å². The normalized spacial score (nSPS) is 25.7. The second-order valence-electron chi connectivity index (χ2n) is 4.56. The van der Waals surface area contributed by atoms with Crippen molar-refractivity contribution in [2.45, 2.75) is 25.9 Å². The molecule has 0 spiro atoms. The Kier molecular flexibility index (Phi) is 4.77. The van der Waals surface area contributed by atoms with Gasteiger partial charge in [0.05, 0.1) is 5.69 Å². The fraction of sp³-hybridized carbons (Fsp3) is 0.727. The second kappa shape index (κ2) is 5.66. The van der Waals surface area contributed by atoms with Crippen LogP contribution in [0.15, 0.2) is 12.3 Å². The lowest BCUT2D eigenvalue weighted by Gasteiger charge is -2.20. The van der Waals surface area contributed by atoms with E-state index in [0.29, 0.717) is 12.0 Å². The lowest BCUT2D eigenvalue weighted by Crippen LogP contribution is -2.28. The highest BCUT2D eigenvalue weighted by Gasteiger charge is 2.28. The van der Waals surface area contributed by atoms with Gasteiger partial charge in [0.15, 0.2) is 0 Å². The van der Waals surface area contributed by atoms with Crippen LogP contribution < -0.4 is 5.73 Å². The van der Waals surface area contributed by atoms with Gasteiger partial charge in [-0.25, -0.2) is 0 Å². The molecule has 1 aromatic heterocycles. The van der Waals surface area contributed by atoms with Gasteiger partial charge in [-0.3, -0.25) is 9.58 Å². The molecule has 1 fully saturated rings. The number of halogens is 1. The highest BCUT2D eigenvalue weighted by atomic mass is 35.5. The van der Waals surface area contributed by atoms with Crippen LogP contribution in [-0.4, -0.2) is 33.8 Å². The van der Waals surface area contributed by atoms with Gasteiger partial charge in [0, 0.05) is 32.4 Å². The Bertz CT molecular complexity index is 326. The molecular formula is C11H21ClN4. The monoisotopic (exact) mass is 244 g/mol. The van der Waals surface area contributed by atoms with Gasteiger partial charge in [0.25, 0.3) is 0 Å². The van der Waals surface area contributed by atoms with Crippen molar-refractivity contribution in [3.8, 4) is 0 Å². The highest BCUT2D eigenvalue weighted by Crippen LogP contribution is 2.23. The average Bonchev–Trinajstić information content (AvgIpc) is 2.76. The minimum absolute atomic E-state index is 0. The van der Waals surface area contributed by atoms with Gasteiger partial charge >= 0.3 is 0 Å². The van der Waals surface area contributed by atoms with Gasteiger partial charge in [-0.2, -0.15) is 5.10 Å². The molecule has 4 nitrogen and oxygen atoms in total. The van der Waals surface area contributed by atoms with Crippen molar-refractivity contribution in [3.63, 3.8) is 0 Å². The van der Waals surface area contributed by atoms with Crippen LogP contribution in [0.3, 0.4) is 0 Å². The van der Waals surface area contributed by atoms with E-state index in [4.69, 9.17) is 5.73 Å². The van der Waals surface area contributed by atoms with E-state index in [1.165, 1.54) is 12.1 Å². The van der Waals surface area contributed by atoms with Crippen molar-refractivity contribution >= 4 is 12.4 Å². The molecule has 92 valence electrons. The van der Waals surface area contributed by atoms with Crippen LogP contribution in [0.2, 0.25) is 0 Å². The van der Waals surface area contributed by atoms with Crippen molar-refractivity contribution < 1.29 is 0 Å². The summed E-state index contributed by atoms with van der Waals surface area (Å²) in [5.74, 6) is 0.674. The van der Waals surface area contributed by atoms with Gasteiger partial charge in [0.2, 0.25) is 0 Å². The molecule has 0 aromatic carbocycles. The molecular weight excluding hydrogens is 224 g/mol. The number of likely N-dealkylation sites (tertiary alicyclic amines) is 1. The van der Waals surface area contributed by atoms with Crippen molar-refractivity contribution in [2.75, 3.05) is 13.1 Å². The maximum atomic E-state index is 5.72. The van der Waals surface area contributed by atoms with Crippen LogP contribution in [0.4, 0.5) is 0 Å².